The van der Waals surface area contributed by atoms with Crippen molar-refractivity contribution in [3.63, 3.8) is 0 Å². The molecule has 2 atom stereocenters. The lowest BCUT2D eigenvalue weighted by Gasteiger charge is -2.00. The van der Waals surface area contributed by atoms with Gasteiger partial charge in [-0.25, -0.2) is 0 Å². The van der Waals surface area contributed by atoms with Gasteiger partial charge in [-0.2, -0.15) is 12.6 Å². The maximum absolute atomic E-state index is 8.52. The Kier molecular flexibility index (Phi) is 2.16. The van der Waals surface area contributed by atoms with Gasteiger partial charge in [-0.3, -0.25) is 0 Å². The molecule has 1 N–H and O–H groups in total. The van der Waals surface area contributed by atoms with Crippen molar-refractivity contribution in [2.24, 2.45) is 0 Å². The first-order chi connectivity index (χ1) is 3.83. The van der Waals surface area contributed by atoms with Crippen molar-refractivity contribution < 1.29 is 9.84 Å². The lowest BCUT2D eigenvalue weighted by atomic mass is 10.2. The number of hydrogen-bond acceptors (Lipinski definition) is 3. The van der Waals surface area contributed by atoms with E-state index in [4.69, 9.17) is 9.84 Å². The molecule has 0 amide bonds. The molecule has 1 aliphatic heterocycles. The van der Waals surface area contributed by atoms with E-state index in [1.807, 2.05) is 0 Å². The Morgan fingerprint density at radius 1 is 1.75 bits per heavy atom. The average Bonchev–Trinajstić information content (AvgIpc) is 2.14. The van der Waals surface area contributed by atoms with Gasteiger partial charge in [0, 0.05) is 5.25 Å². The van der Waals surface area contributed by atoms with Gasteiger partial charge in [0.2, 0.25) is 0 Å². The third-order valence-corrected chi connectivity index (χ3v) is 1.62. The first-order valence-electron chi connectivity index (χ1n) is 2.73. The minimum absolute atomic E-state index is 0.0532. The van der Waals surface area contributed by atoms with Crippen molar-refractivity contribution in [2.45, 2.75) is 17.8 Å². The van der Waals surface area contributed by atoms with Gasteiger partial charge >= 0.3 is 0 Å². The van der Waals surface area contributed by atoms with Crippen LogP contribution in [-0.4, -0.2) is 29.7 Å². The van der Waals surface area contributed by atoms with Crippen molar-refractivity contribution >= 4 is 12.6 Å². The Balaban J connectivity index is 2.22. The second kappa shape index (κ2) is 2.71. The summed E-state index contributed by atoms with van der Waals surface area (Å²) in [5, 5.41) is 8.86. The summed E-state index contributed by atoms with van der Waals surface area (Å²) in [4.78, 5) is 0. The van der Waals surface area contributed by atoms with Crippen molar-refractivity contribution in [3.8, 4) is 0 Å². The second-order valence-corrected chi connectivity index (χ2v) is 2.76. The summed E-state index contributed by atoms with van der Waals surface area (Å²) in [7, 11) is 0. The molecule has 1 saturated heterocycles. The van der Waals surface area contributed by atoms with Crippen LogP contribution in [0.3, 0.4) is 0 Å². The van der Waals surface area contributed by atoms with Crippen molar-refractivity contribution in [2.75, 3.05) is 13.2 Å². The van der Waals surface area contributed by atoms with E-state index in [2.05, 4.69) is 12.6 Å². The SMILES string of the molecule is OC[C@@H]1C[C@@H](S)CO1. The molecular weight excluding hydrogens is 124 g/mol. The first-order valence-corrected chi connectivity index (χ1v) is 3.25. The smallest absolute Gasteiger partial charge is 0.0817 e. The van der Waals surface area contributed by atoms with Crippen LogP contribution in [0.5, 0.6) is 0 Å². The molecule has 2 nitrogen and oxygen atoms in total. The van der Waals surface area contributed by atoms with Crippen LogP contribution >= 0.6 is 12.6 Å². The summed E-state index contributed by atoms with van der Waals surface area (Å²) in [6.45, 7) is 0.825. The summed E-state index contributed by atoms with van der Waals surface area (Å²) in [6, 6.07) is 0. The number of aliphatic hydroxyl groups excluding tert-OH is 1. The zero-order valence-corrected chi connectivity index (χ0v) is 5.47. The zero-order valence-electron chi connectivity index (χ0n) is 4.58. The fourth-order valence-electron chi connectivity index (χ4n) is 0.814. The molecule has 1 heterocycles. The third kappa shape index (κ3) is 1.37. The van der Waals surface area contributed by atoms with E-state index < -0.39 is 0 Å². The van der Waals surface area contributed by atoms with Crippen molar-refractivity contribution in [1.29, 1.82) is 0 Å². The van der Waals surface area contributed by atoms with E-state index >= 15 is 0 Å². The molecule has 0 aromatic heterocycles. The number of hydrogen-bond donors (Lipinski definition) is 2. The van der Waals surface area contributed by atoms with E-state index in [9.17, 15) is 0 Å². The molecule has 8 heavy (non-hydrogen) atoms. The summed E-state index contributed by atoms with van der Waals surface area (Å²) >= 11 is 4.17. The first kappa shape index (κ1) is 6.39. The van der Waals surface area contributed by atoms with Crippen LogP contribution in [0.25, 0.3) is 0 Å². The van der Waals surface area contributed by atoms with Gasteiger partial charge in [0.15, 0.2) is 0 Å². The van der Waals surface area contributed by atoms with E-state index in [0.717, 1.165) is 6.42 Å². The van der Waals surface area contributed by atoms with Crippen LogP contribution in [0.15, 0.2) is 0 Å². The molecule has 0 aliphatic carbocycles. The highest BCUT2D eigenvalue weighted by Crippen LogP contribution is 2.16. The fourth-order valence-corrected chi connectivity index (χ4v) is 1.14. The molecule has 0 radical (unpaired) electrons. The highest BCUT2D eigenvalue weighted by molar-refractivity contribution is 7.81. The summed E-state index contributed by atoms with van der Waals surface area (Å²) in [6.07, 6.45) is 0.942. The topological polar surface area (TPSA) is 29.5 Å². The van der Waals surface area contributed by atoms with Gasteiger partial charge in [-0.15, -0.1) is 0 Å². The molecular formula is C5H10O2S. The Bertz CT molecular complexity index is 76.8. The van der Waals surface area contributed by atoms with Gasteiger partial charge in [0.1, 0.15) is 0 Å². The molecule has 48 valence electrons. The van der Waals surface area contributed by atoms with Gasteiger partial charge in [-0.1, -0.05) is 0 Å². The third-order valence-electron chi connectivity index (χ3n) is 1.26. The van der Waals surface area contributed by atoms with E-state index in [1.165, 1.54) is 0 Å². The van der Waals surface area contributed by atoms with Crippen LogP contribution in [0.2, 0.25) is 0 Å². The molecule has 1 fully saturated rings. The lowest BCUT2D eigenvalue weighted by Crippen LogP contribution is -2.09. The van der Waals surface area contributed by atoms with Crippen LogP contribution in [0.4, 0.5) is 0 Å². The monoisotopic (exact) mass is 134 g/mol. The second-order valence-electron chi connectivity index (χ2n) is 2.03. The zero-order chi connectivity index (χ0) is 5.98. The molecule has 1 rings (SSSR count). The number of thiol groups is 1. The summed E-state index contributed by atoms with van der Waals surface area (Å²) in [5.74, 6) is 0. The molecule has 0 spiro atoms. The molecule has 1 aliphatic rings. The molecule has 0 aromatic rings. The minimum atomic E-state index is 0.0532. The highest BCUT2D eigenvalue weighted by Gasteiger charge is 2.21. The standard InChI is InChI=1S/C5H10O2S/c6-2-4-1-5(8)3-7-4/h4-6,8H,1-3H2/t4-,5+/m0/s1. The normalized spacial score (nSPS) is 38.2. The minimum Gasteiger partial charge on any atom is -0.394 e. The Labute approximate surface area is 54.3 Å². The summed E-state index contributed by atoms with van der Waals surface area (Å²) in [5.41, 5.74) is 0. The lowest BCUT2D eigenvalue weighted by molar-refractivity contribution is 0.0593. The molecule has 0 saturated carbocycles. The predicted molar refractivity (Wildman–Crippen MR) is 34.2 cm³/mol. The van der Waals surface area contributed by atoms with Crippen LogP contribution in [0.1, 0.15) is 6.42 Å². The van der Waals surface area contributed by atoms with Crippen molar-refractivity contribution in [3.05, 3.63) is 0 Å². The Morgan fingerprint density at radius 2 is 2.50 bits per heavy atom. The molecule has 0 bridgehead atoms. The molecule has 0 aromatic carbocycles. The summed E-state index contributed by atoms with van der Waals surface area (Å²) < 4.78 is 5.09. The Morgan fingerprint density at radius 3 is 2.75 bits per heavy atom. The predicted octanol–water partition coefficient (Wildman–Crippen LogP) is 0.0660. The van der Waals surface area contributed by atoms with E-state index in [-0.39, 0.29) is 12.7 Å². The maximum atomic E-state index is 8.52. The van der Waals surface area contributed by atoms with Gasteiger partial charge in [-0.05, 0) is 6.42 Å². The van der Waals surface area contributed by atoms with Crippen molar-refractivity contribution in [1.82, 2.24) is 0 Å². The fraction of sp³-hybridized carbons (Fsp3) is 1.00. The van der Waals surface area contributed by atoms with E-state index in [1.54, 1.807) is 0 Å². The quantitative estimate of drug-likeness (QED) is 0.497. The molecule has 0 unspecified atom stereocenters. The van der Waals surface area contributed by atoms with Crippen LogP contribution in [0, 0.1) is 0 Å². The molecule has 3 heteroatoms. The number of aliphatic hydroxyl groups is 1. The van der Waals surface area contributed by atoms with Gasteiger partial charge in [0.25, 0.3) is 0 Å². The van der Waals surface area contributed by atoms with E-state index in [0.29, 0.717) is 11.9 Å². The highest BCUT2D eigenvalue weighted by atomic mass is 32.1. The largest absolute Gasteiger partial charge is 0.394 e. The number of rotatable bonds is 1. The van der Waals surface area contributed by atoms with Crippen LogP contribution in [-0.2, 0) is 4.74 Å². The van der Waals surface area contributed by atoms with Gasteiger partial charge < -0.3 is 9.84 Å². The van der Waals surface area contributed by atoms with Gasteiger partial charge in [0.05, 0.1) is 19.3 Å². The van der Waals surface area contributed by atoms with Crippen LogP contribution < -0.4 is 0 Å². The average molecular weight is 134 g/mol. The Hall–Kier alpha value is 0.270. The maximum Gasteiger partial charge on any atom is 0.0817 e. The number of ether oxygens (including phenoxy) is 1.